The van der Waals surface area contributed by atoms with Gasteiger partial charge in [-0.2, -0.15) is 0 Å². The summed E-state index contributed by atoms with van der Waals surface area (Å²) in [7, 11) is 0. The Morgan fingerprint density at radius 3 is 3.19 bits per heavy atom. The van der Waals surface area contributed by atoms with E-state index in [1.54, 1.807) is 19.3 Å². The Kier molecular flexibility index (Phi) is 4.94. The molecule has 7 nitrogen and oxygen atoms in total. The highest BCUT2D eigenvalue weighted by atomic mass is 35.5. The molecule has 0 bridgehead atoms. The van der Waals surface area contributed by atoms with Gasteiger partial charge in [0.1, 0.15) is 11.5 Å². The summed E-state index contributed by atoms with van der Waals surface area (Å²) in [6.45, 7) is 4.07. The van der Waals surface area contributed by atoms with Crippen LogP contribution in [-0.4, -0.2) is 50.4 Å². The van der Waals surface area contributed by atoms with Crippen molar-refractivity contribution in [3.63, 3.8) is 0 Å². The topological polar surface area (TPSA) is 86.8 Å². The van der Waals surface area contributed by atoms with Gasteiger partial charge >= 0.3 is 0 Å². The van der Waals surface area contributed by atoms with Gasteiger partial charge in [-0.1, -0.05) is 11.6 Å². The first-order chi connectivity index (χ1) is 13.1. The minimum absolute atomic E-state index is 0.149. The highest BCUT2D eigenvalue weighted by Gasteiger charge is 2.21. The maximum Gasteiger partial charge on any atom is 0.219 e. The number of aromatic nitrogens is 4. The molecule has 0 spiro atoms. The third-order valence-corrected chi connectivity index (χ3v) is 5.14. The molecule has 0 aliphatic carbocycles. The normalized spacial score (nSPS) is 17.3. The second-order valence-electron chi connectivity index (χ2n) is 6.87. The molecule has 27 heavy (non-hydrogen) atoms. The maximum atomic E-state index is 11.6. The van der Waals surface area contributed by atoms with Gasteiger partial charge < -0.3 is 15.2 Å². The van der Waals surface area contributed by atoms with Gasteiger partial charge in [0, 0.05) is 56.1 Å². The number of hydrogen-bond donors (Lipinski definition) is 2. The number of amides is 1. The molecule has 0 unspecified atom stereocenters. The van der Waals surface area contributed by atoms with Crippen LogP contribution < -0.4 is 5.32 Å². The van der Waals surface area contributed by atoms with Crippen LogP contribution in [0.1, 0.15) is 19.8 Å². The number of aromatic amines is 1. The van der Waals surface area contributed by atoms with Crippen molar-refractivity contribution in [3.05, 3.63) is 35.7 Å². The zero-order chi connectivity index (χ0) is 18.8. The fourth-order valence-corrected chi connectivity index (χ4v) is 3.67. The number of pyridine rings is 1. The number of halogens is 1. The Morgan fingerprint density at radius 1 is 1.44 bits per heavy atom. The molecule has 0 saturated carbocycles. The summed E-state index contributed by atoms with van der Waals surface area (Å²) in [5, 5.41) is 4.86. The molecule has 8 heteroatoms. The van der Waals surface area contributed by atoms with Crippen molar-refractivity contribution in [2.75, 3.05) is 25.0 Å². The van der Waals surface area contributed by atoms with E-state index in [-0.39, 0.29) is 5.91 Å². The van der Waals surface area contributed by atoms with E-state index < -0.39 is 0 Å². The van der Waals surface area contributed by atoms with Gasteiger partial charge in [-0.15, -0.1) is 0 Å². The fourth-order valence-electron chi connectivity index (χ4n) is 3.52. The Hall–Kier alpha value is -2.67. The van der Waals surface area contributed by atoms with Crippen LogP contribution in [0.5, 0.6) is 0 Å². The largest absolute Gasteiger partial charge is 0.370 e. The van der Waals surface area contributed by atoms with E-state index in [9.17, 15) is 4.79 Å². The molecule has 1 amide bonds. The van der Waals surface area contributed by atoms with E-state index in [0.29, 0.717) is 16.8 Å². The lowest BCUT2D eigenvalue weighted by Crippen LogP contribution is -2.40. The molecule has 1 fully saturated rings. The standard InChI is InChI=1S/C19H21ClN6O/c1-12(27)26-6-2-3-13(11-26)8-22-17-4-5-21-19(25-17)16-10-24-18-15(16)7-14(20)9-23-18/h4-5,7,9-10,13H,2-3,6,8,11H2,1H3,(H,23,24)(H,21,22,25)/t13-/m1/s1. The number of fused-ring (bicyclic) bond motifs is 1. The lowest BCUT2D eigenvalue weighted by atomic mass is 9.98. The van der Waals surface area contributed by atoms with Gasteiger partial charge in [-0.05, 0) is 30.9 Å². The lowest BCUT2D eigenvalue weighted by molar-refractivity contribution is -0.130. The predicted molar refractivity (Wildman–Crippen MR) is 106 cm³/mol. The van der Waals surface area contributed by atoms with E-state index in [1.165, 1.54) is 0 Å². The van der Waals surface area contributed by atoms with Crippen LogP contribution in [-0.2, 0) is 4.79 Å². The number of anilines is 1. The molecule has 1 saturated heterocycles. The second kappa shape index (κ2) is 7.52. The molecule has 4 heterocycles. The highest BCUT2D eigenvalue weighted by Crippen LogP contribution is 2.27. The number of piperidine rings is 1. The molecule has 140 valence electrons. The van der Waals surface area contributed by atoms with Gasteiger partial charge in [0.05, 0.1) is 5.02 Å². The first kappa shape index (κ1) is 17.7. The van der Waals surface area contributed by atoms with Crippen LogP contribution in [0.2, 0.25) is 5.02 Å². The lowest BCUT2D eigenvalue weighted by Gasteiger charge is -2.32. The van der Waals surface area contributed by atoms with Crippen LogP contribution in [0.25, 0.3) is 22.4 Å². The first-order valence-electron chi connectivity index (χ1n) is 9.05. The Bertz CT molecular complexity index is 972. The van der Waals surface area contributed by atoms with Crippen molar-refractivity contribution in [2.45, 2.75) is 19.8 Å². The Balaban J connectivity index is 1.49. The second-order valence-corrected chi connectivity index (χ2v) is 7.31. The van der Waals surface area contributed by atoms with Gasteiger partial charge in [0.25, 0.3) is 0 Å². The summed E-state index contributed by atoms with van der Waals surface area (Å²) in [5.41, 5.74) is 1.62. The molecule has 1 aliphatic heterocycles. The van der Waals surface area contributed by atoms with Gasteiger partial charge in [-0.3, -0.25) is 4.79 Å². The molecular formula is C19H21ClN6O. The van der Waals surface area contributed by atoms with Crippen LogP contribution in [0.15, 0.2) is 30.7 Å². The predicted octanol–water partition coefficient (Wildman–Crippen LogP) is 3.34. The van der Waals surface area contributed by atoms with E-state index in [0.717, 1.165) is 54.9 Å². The van der Waals surface area contributed by atoms with E-state index in [1.807, 2.05) is 23.2 Å². The number of carbonyl (C=O) groups excluding carboxylic acids is 1. The molecule has 3 aromatic rings. The first-order valence-corrected chi connectivity index (χ1v) is 9.43. The number of likely N-dealkylation sites (tertiary alicyclic amines) is 1. The van der Waals surface area contributed by atoms with Crippen LogP contribution in [0.4, 0.5) is 5.82 Å². The Morgan fingerprint density at radius 2 is 2.33 bits per heavy atom. The molecule has 1 aliphatic rings. The van der Waals surface area contributed by atoms with Gasteiger partial charge in [-0.25, -0.2) is 15.0 Å². The van der Waals surface area contributed by atoms with Gasteiger partial charge in [0.15, 0.2) is 5.82 Å². The van der Waals surface area contributed by atoms with Crippen molar-refractivity contribution >= 4 is 34.4 Å². The fraction of sp³-hybridized carbons (Fsp3) is 0.368. The zero-order valence-corrected chi connectivity index (χ0v) is 15.8. The monoisotopic (exact) mass is 384 g/mol. The summed E-state index contributed by atoms with van der Waals surface area (Å²) in [4.78, 5) is 30.0. The summed E-state index contributed by atoms with van der Waals surface area (Å²) >= 11 is 6.08. The molecule has 0 radical (unpaired) electrons. The number of H-pyrrole nitrogens is 1. The van der Waals surface area contributed by atoms with Crippen LogP contribution in [0.3, 0.4) is 0 Å². The average Bonchev–Trinajstić information content (AvgIpc) is 3.10. The summed E-state index contributed by atoms with van der Waals surface area (Å²) in [6, 6.07) is 3.71. The van der Waals surface area contributed by atoms with Crippen molar-refractivity contribution in [3.8, 4) is 11.4 Å². The molecule has 1 atom stereocenters. The maximum absolute atomic E-state index is 11.6. The SMILES string of the molecule is CC(=O)N1CCC[C@H](CNc2ccnc(-c3c[nH]c4ncc(Cl)cc34)n2)C1. The number of rotatable bonds is 4. The van der Waals surface area contributed by atoms with Crippen molar-refractivity contribution in [1.82, 2.24) is 24.8 Å². The van der Waals surface area contributed by atoms with Crippen LogP contribution in [0, 0.1) is 5.92 Å². The quantitative estimate of drug-likeness (QED) is 0.720. The molecular weight excluding hydrogens is 364 g/mol. The van der Waals surface area contributed by atoms with Crippen LogP contribution >= 0.6 is 11.6 Å². The number of hydrogen-bond acceptors (Lipinski definition) is 5. The van der Waals surface area contributed by atoms with Crippen molar-refractivity contribution in [1.29, 1.82) is 0 Å². The van der Waals surface area contributed by atoms with Crippen molar-refractivity contribution < 1.29 is 4.79 Å². The smallest absolute Gasteiger partial charge is 0.219 e. The van der Waals surface area contributed by atoms with Crippen molar-refractivity contribution in [2.24, 2.45) is 5.92 Å². The molecule has 0 aromatic carbocycles. The average molecular weight is 385 g/mol. The highest BCUT2D eigenvalue weighted by molar-refractivity contribution is 6.31. The number of nitrogens with zero attached hydrogens (tertiary/aromatic N) is 4. The molecule has 4 rings (SSSR count). The third-order valence-electron chi connectivity index (χ3n) is 4.93. The zero-order valence-electron chi connectivity index (χ0n) is 15.1. The number of carbonyl (C=O) groups is 1. The summed E-state index contributed by atoms with van der Waals surface area (Å²) < 4.78 is 0. The molecule has 2 N–H and O–H groups in total. The minimum Gasteiger partial charge on any atom is -0.370 e. The summed E-state index contributed by atoms with van der Waals surface area (Å²) in [6.07, 6.45) is 7.35. The molecule has 3 aromatic heterocycles. The van der Waals surface area contributed by atoms with E-state index >= 15 is 0 Å². The summed E-state index contributed by atoms with van der Waals surface area (Å²) in [5.74, 6) is 1.96. The van der Waals surface area contributed by atoms with E-state index in [2.05, 4.69) is 25.3 Å². The van der Waals surface area contributed by atoms with Gasteiger partial charge in [0.2, 0.25) is 5.91 Å². The number of nitrogens with one attached hydrogen (secondary N) is 2. The Labute approximate surface area is 162 Å². The minimum atomic E-state index is 0.149. The van der Waals surface area contributed by atoms with E-state index in [4.69, 9.17) is 11.6 Å². The third kappa shape index (κ3) is 3.88.